The standard InChI is InChI=1S/C13H22N2/c1-2-3-9-15-10-5-4-6-13(15)11-14-12-7-8-12/h1,12-14H,3-11H2. The Labute approximate surface area is 93.4 Å². The summed E-state index contributed by atoms with van der Waals surface area (Å²) in [6.07, 6.45) is 13.1. The van der Waals surface area contributed by atoms with Crippen molar-refractivity contribution in [2.75, 3.05) is 19.6 Å². The van der Waals surface area contributed by atoms with Crippen molar-refractivity contribution in [2.45, 2.75) is 50.6 Å². The maximum atomic E-state index is 5.33. The lowest BCUT2D eigenvalue weighted by molar-refractivity contribution is 0.148. The number of nitrogens with zero attached hydrogens (tertiary/aromatic N) is 1. The summed E-state index contributed by atoms with van der Waals surface area (Å²) in [5.41, 5.74) is 0. The molecule has 1 aliphatic heterocycles. The molecule has 0 aromatic rings. The Morgan fingerprint density at radius 2 is 2.13 bits per heavy atom. The number of terminal acetylenes is 1. The van der Waals surface area contributed by atoms with Crippen LogP contribution in [0.1, 0.15) is 38.5 Å². The van der Waals surface area contributed by atoms with Crippen LogP contribution in [-0.2, 0) is 0 Å². The maximum Gasteiger partial charge on any atom is 0.0221 e. The quantitative estimate of drug-likeness (QED) is 0.688. The topological polar surface area (TPSA) is 15.3 Å². The van der Waals surface area contributed by atoms with Gasteiger partial charge in [0.2, 0.25) is 0 Å². The summed E-state index contributed by atoms with van der Waals surface area (Å²) in [6, 6.07) is 1.58. The Kier molecular flexibility index (Phi) is 4.05. The van der Waals surface area contributed by atoms with Crippen molar-refractivity contribution < 1.29 is 0 Å². The minimum atomic E-state index is 0.743. The van der Waals surface area contributed by atoms with Crippen LogP contribution in [0.5, 0.6) is 0 Å². The van der Waals surface area contributed by atoms with Crippen molar-refractivity contribution in [3.05, 3.63) is 0 Å². The third-order valence-corrected chi connectivity index (χ3v) is 3.51. The molecule has 0 radical (unpaired) electrons. The van der Waals surface area contributed by atoms with Crippen molar-refractivity contribution in [3.8, 4) is 12.3 Å². The van der Waals surface area contributed by atoms with Crippen LogP contribution in [0.2, 0.25) is 0 Å². The van der Waals surface area contributed by atoms with Crippen LogP contribution in [0.15, 0.2) is 0 Å². The van der Waals surface area contributed by atoms with Gasteiger partial charge in [0.25, 0.3) is 0 Å². The molecule has 0 spiro atoms. The van der Waals surface area contributed by atoms with Crippen LogP contribution in [0.3, 0.4) is 0 Å². The van der Waals surface area contributed by atoms with Crippen LogP contribution in [0.4, 0.5) is 0 Å². The summed E-state index contributed by atoms with van der Waals surface area (Å²) < 4.78 is 0. The number of hydrogen-bond donors (Lipinski definition) is 1. The van der Waals surface area contributed by atoms with Gasteiger partial charge in [0.05, 0.1) is 0 Å². The van der Waals surface area contributed by atoms with E-state index in [0.717, 1.165) is 25.0 Å². The highest BCUT2D eigenvalue weighted by atomic mass is 15.2. The summed E-state index contributed by atoms with van der Waals surface area (Å²) in [7, 11) is 0. The highest BCUT2D eigenvalue weighted by Crippen LogP contribution is 2.21. The molecular weight excluding hydrogens is 184 g/mol. The summed E-state index contributed by atoms with van der Waals surface area (Å²) in [5, 5.41) is 3.64. The Morgan fingerprint density at radius 3 is 2.87 bits per heavy atom. The normalized spacial score (nSPS) is 27.5. The lowest BCUT2D eigenvalue weighted by Gasteiger charge is -2.35. The van der Waals surface area contributed by atoms with Crippen molar-refractivity contribution in [1.29, 1.82) is 0 Å². The third-order valence-electron chi connectivity index (χ3n) is 3.51. The first kappa shape index (κ1) is 11.0. The SMILES string of the molecule is C#CCCN1CCCCC1CNC1CC1. The highest BCUT2D eigenvalue weighted by Gasteiger charge is 2.25. The van der Waals surface area contributed by atoms with Gasteiger partial charge in [0.15, 0.2) is 0 Å². The van der Waals surface area contributed by atoms with Gasteiger partial charge in [0, 0.05) is 31.6 Å². The van der Waals surface area contributed by atoms with Gasteiger partial charge in [-0.25, -0.2) is 0 Å². The van der Waals surface area contributed by atoms with E-state index in [9.17, 15) is 0 Å². The van der Waals surface area contributed by atoms with Crippen LogP contribution < -0.4 is 5.32 Å². The Balaban J connectivity index is 1.73. The zero-order valence-electron chi connectivity index (χ0n) is 9.54. The summed E-state index contributed by atoms with van der Waals surface area (Å²) in [5.74, 6) is 2.75. The van der Waals surface area contributed by atoms with Gasteiger partial charge in [-0.15, -0.1) is 12.3 Å². The number of rotatable bonds is 5. The van der Waals surface area contributed by atoms with Gasteiger partial charge < -0.3 is 5.32 Å². The first-order valence-electron chi connectivity index (χ1n) is 6.31. The molecule has 1 unspecified atom stereocenters. The monoisotopic (exact) mass is 206 g/mol. The number of likely N-dealkylation sites (tertiary alicyclic amines) is 1. The maximum absolute atomic E-state index is 5.33. The van der Waals surface area contributed by atoms with Crippen LogP contribution >= 0.6 is 0 Å². The summed E-state index contributed by atoms with van der Waals surface area (Å²) in [4.78, 5) is 2.58. The van der Waals surface area contributed by atoms with Gasteiger partial charge in [0.1, 0.15) is 0 Å². The molecule has 84 valence electrons. The minimum Gasteiger partial charge on any atom is -0.312 e. The summed E-state index contributed by atoms with van der Waals surface area (Å²) >= 11 is 0. The van der Waals surface area contributed by atoms with E-state index in [1.807, 2.05) is 0 Å². The van der Waals surface area contributed by atoms with E-state index in [2.05, 4.69) is 16.1 Å². The fourth-order valence-electron chi connectivity index (χ4n) is 2.38. The second-order valence-electron chi connectivity index (χ2n) is 4.82. The number of piperidine rings is 1. The van der Waals surface area contributed by atoms with E-state index < -0.39 is 0 Å². The smallest absolute Gasteiger partial charge is 0.0221 e. The van der Waals surface area contributed by atoms with Crippen molar-refractivity contribution in [2.24, 2.45) is 0 Å². The van der Waals surface area contributed by atoms with E-state index >= 15 is 0 Å². The van der Waals surface area contributed by atoms with E-state index in [1.54, 1.807) is 0 Å². The molecule has 2 nitrogen and oxygen atoms in total. The van der Waals surface area contributed by atoms with Gasteiger partial charge in [-0.3, -0.25) is 4.90 Å². The first-order chi connectivity index (χ1) is 7.40. The Hall–Kier alpha value is -0.520. The average molecular weight is 206 g/mol. The fraction of sp³-hybridized carbons (Fsp3) is 0.846. The minimum absolute atomic E-state index is 0.743. The molecule has 1 heterocycles. The summed E-state index contributed by atoms with van der Waals surface area (Å²) in [6.45, 7) is 3.52. The van der Waals surface area contributed by atoms with Crippen LogP contribution in [-0.4, -0.2) is 36.6 Å². The largest absolute Gasteiger partial charge is 0.312 e. The van der Waals surface area contributed by atoms with E-state index in [4.69, 9.17) is 6.42 Å². The molecule has 2 heteroatoms. The highest BCUT2D eigenvalue weighted by molar-refractivity contribution is 4.89. The van der Waals surface area contributed by atoms with Gasteiger partial charge in [-0.1, -0.05) is 6.42 Å². The van der Waals surface area contributed by atoms with Gasteiger partial charge >= 0.3 is 0 Å². The van der Waals surface area contributed by atoms with E-state index in [0.29, 0.717) is 0 Å². The molecule has 1 saturated carbocycles. The molecule has 2 aliphatic rings. The fourth-order valence-corrected chi connectivity index (χ4v) is 2.38. The van der Waals surface area contributed by atoms with Crippen molar-refractivity contribution >= 4 is 0 Å². The molecule has 0 bridgehead atoms. The van der Waals surface area contributed by atoms with Gasteiger partial charge in [-0.2, -0.15) is 0 Å². The molecule has 0 amide bonds. The second-order valence-corrected chi connectivity index (χ2v) is 4.82. The first-order valence-corrected chi connectivity index (χ1v) is 6.31. The second kappa shape index (κ2) is 5.53. The Bertz CT molecular complexity index is 227. The number of hydrogen-bond acceptors (Lipinski definition) is 2. The molecular formula is C13H22N2. The molecule has 0 aromatic heterocycles. The number of nitrogens with one attached hydrogen (secondary N) is 1. The lowest BCUT2D eigenvalue weighted by atomic mass is 10.0. The van der Waals surface area contributed by atoms with Crippen LogP contribution in [0.25, 0.3) is 0 Å². The van der Waals surface area contributed by atoms with E-state index in [1.165, 1.54) is 45.2 Å². The average Bonchev–Trinajstić information content (AvgIpc) is 3.08. The molecule has 2 fully saturated rings. The Morgan fingerprint density at radius 1 is 1.27 bits per heavy atom. The van der Waals surface area contributed by atoms with Gasteiger partial charge in [-0.05, 0) is 32.2 Å². The van der Waals surface area contributed by atoms with Crippen LogP contribution in [0, 0.1) is 12.3 Å². The molecule has 2 rings (SSSR count). The molecule has 15 heavy (non-hydrogen) atoms. The molecule has 1 saturated heterocycles. The molecule has 0 aromatic carbocycles. The molecule has 1 aliphatic carbocycles. The predicted molar refractivity (Wildman–Crippen MR) is 63.7 cm³/mol. The zero-order chi connectivity index (χ0) is 10.5. The zero-order valence-corrected chi connectivity index (χ0v) is 9.54. The van der Waals surface area contributed by atoms with E-state index in [-0.39, 0.29) is 0 Å². The van der Waals surface area contributed by atoms with Crippen molar-refractivity contribution in [1.82, 2.24) is 10.2 Å². The predicted octanol–water partition coefficient (Wildman–Crippen LogP) is 1.62. The van der Waals surface area contributed by atoms with Crippen molar-refractivity contribution in [3.63, 3.8) is 0 Å². The molecule has 1 N–H and O–H groups in total. The third kappa shape index (κ3) is 3.52. The lowest BCUT2D eigenvalue weighted by Crippen LogP contribution is -2.46. The molecule has 1 atom stereocenters.